The van der Waals surface area contributed by atoms with Crippen molar-refractivity contribution >= 4 is 15.9 Å². The van der Waals surface area contributed by atoms with Gasteiger partial charge >= 0.3 is 0 Å². The molecule has 0 radical (unpaired) electrons. The van der Waals surface area contributed by atoms with Gasteiger partial charge in [-0.1, -0.05) is 0 Å². The first-order valence-electron chi connectivity index (χ1n) is 8.79. The Labute approximate surface area is 148 Å². The maximum atomic E-state index is 12.9. The van der Waals surface area contributed by atoms with Crippen LogP contribution in [0.15, 0.2) is 17.6 Å². The predicted molar refractivity (Wildman–Crippen MR) is 91.5 cm³/mol. The number of hydrogen-bond donors (Lipinski definition) is 0. The second kappa shape index (κ2) is 7.43. The summed E-state index contributed by atoms with van der Waals surface area (Å²) in [7, 11) is -3.67. The molecule has 2 aliphatic heterocycles. The lowest BCUT2D eigenvalue weighted by Gasteiger charge is -2.35. The zero-order valence-corrected chi connectivity index (χ0v) is 15.6. The number of hydrogen-bond acceptors (Lipinski definition) is 5. The Kier molecular flexibility index (Phi) is 5.45. The predicted octanol–water partition coefficient (Wildman–Crippen LogP) is 0.724. The van der Waals surface area contributed by atoms with E-state index in [0.29, 0.717) is 39.3 Å². The average molecular weight is 370 g/mol. The molecule has 1 atom stereocenters. The molecule has 3 rings (SSSR count). The van der Waals surface area contributed by atoms with E-state index in [4.69, 9.17) is 4.74 Å². The number of carbonyl (C=O) groups excluding carboxylic acids is 1. The number of aromatic nitrogens is 2. The summed E-state index contributed by atoms with van der Waals surface area (Å²) >= 11 is 0. The molecule has 0 spiro atoms. The molecule has 140 valence electrons. The van der Waals surface area contributed by atoms with Gasteiger partial charge in [-0.05, 0) is 26.7 Å². The van der Waals surface area contributed by atoms with E-state index in [1.807, 2.05) is 13.8 Å². The molecule has 2 fully saturated rings. The fourth-order valence-corrected chi connectivity index (χ4v) is 4.72. The lowest BCUT2D eigenvalue weighted by molar-refractivity contribution is -0.140. The Hall–Kier alpha value is -1.45. The number of nitrogens with zero attached hydrogens (tertiary/aromatic N) is 4. The zero-order valence-electron chi connectivity index (χ0n) is 14.8. The number of imidazole rings is 1. The molecular weight excluding hydrogens is 344 g/mol. The van der Waals surface area contributed by atoms with Crippen LogP contribution < -0.4 is 0 Å². The molecule has 1 aromatic heterocycles. The highest BCUT2D eigenvalue weighted by Crippen LogP contribution is 2.25. The molecule has 2 aliphatic rings. The lowest BCUT2D eigenvalue weighted by atomic mass is 9.98. The smallest absolute Gasteiger partial charge is 0.262 e. The number of ether oxygens (including phenoxy) is 1. The highest BCUT2D eigenvalue weighted by molar-refractivity contribution is 7.89. The van der Waals surface area contributed by atoms with Crippen molar-refractivity contribution in [1.29, 1.82) is 0 Å². The summed E-state index contributed by atoms with van der Waals surface area (Å²) in [6.07, 6.45) is 4.51. The highest BCUT2D eigenvalue weighted by Gasteiger charge is 2.36. The lowest BCUT2D eigenvalue weighted by Crippen LogP contribution is -2.49. The number of rotatable bonds is 4. The quantitative estimate of drug-likeness (QED) is 0.780. The molecule has 0 saturated carbocycles. The van der Waals surface area contributed by atoms with Gasteiger partial charge in [0.05, 0.1) is 25.5 Å². The zero-order chi connectivity index (χ0) is 18.0. The van der Waals surface area contributed by atoms with E-state index in [1.165, 1.54) is 10.6 Å². The summed E-state index contributed by atoms with van der Waals surface area (Å²) in [5, 5.41) is 0.0562. The van der Waals surface area contributed by atoms with E-state index in [2.05, 4.69) is 4.98 Å². The van der Waals surface area contributed by atoms with Gasteiger partial charge < -0.3 is 14.2 Å². The summed E-state index contributed by atoms with van der Waals surface area (Å²) in [4.78, 5) is 18.5. The Bertz CT molecular complexity index is 709. The molecule has 1 aromatic rings. The van der Waals surface area contributed by atoms with Crippen molar-refractivity contribution in [2.45, 2.75) is 37.8 Å². The molecule has 0 aromatic carbocycles. The monoisotopic (exact) mass is 370 g/mol. The first-order valence-corrected chi connectivity index (χ1v) is 10.2. The largest absolute Gasteiger partial charge is 0.378 e. The van der Waals surface area contributed by atoms with E-state index in [0.717, 1.165) is 6.42 Å². The summed E-state index contributed by atoms with van der Waals surface area (Å²) in [5.41, 5.74) is 0. The van der Waals surface area contributed by atoms with Crippen molar-refractivity contribution < 1.29 is 17.9 Å². The standard InChI is InChI=1S/C16H26N4O4S/c1-13(2)19-11-15(17-12-19)25(22,23)20-5-3-4-14(10-20)16(21)18-6-8-24-9-7-18/h11-14H,3-10H2,1-2H3/t14-/m0/s1. The number of amides is 1. The molecule has 2 saturated heterocycles. The Balaban J connectivity index is 1.72. The minimum atomic E-state index is -3.67. The van der Waals surface area contributed by atoms with Gasteiger partial charge in [0.2, 0.25) is 5.91 Å². The molecule has 3 heterocycles. The van der Waals surface area contributed by atoms with Crippen LogP contribution in [0.1, 0.15) is 32.7 Å². The fraction of sp³-hybridized carbons (Fsp3) is 0.750. The molecule has 0 unspecified atom stereocenters. The Morgan fingerprint density at radius 3 is 2.64 bits per heavy atom. The van der Waals surface area contributed by atoms with Crippen LogP contribution in [0.5, 0.6) is 0 Å². The van der Waals surface area contributed by atoms with Crippen LogP contribution in [0.4, 0.5) is 0 Å². The van der Waals surface area contributed by atoms with Gasteiger partial charge in [-0.3, -0.25) is 4.79 Å². The van der Waals surface area contributed by atoms with Crippen LogP contribution in [0.2, 0.25) is 0 Å². The third-order valence-corrected chi connectivity index (χ3v) is 6.59. The minimum Gasteiger partial charge on any atom is -0.378 e. The van der Waals surface area contributed by atoms with Crippen molar-refractivity contribution in [3.63, 3.8) is 0 Å². The van der Waals surface area contributed by atoms with Crippen LogP contribution >= 0.6 is 0 Å². The minimum absolute atomic E-state index is 0.0379. The number of piperidine rings is 1. The van der Waals surface area contributed by atoms with Crippen molar-refractivity contribution in [3.05, 3.63) is 12.5 Å². The SMILES string of the molecule is CC(C)n1cnc(S(=O)(=O)N2CCC[C@H](C(=O)N3CCOCC3)C2)c1. The third kappa shape index (κ3) is 3.88. The van der Waals surface area contributed by atoms with Gasteiger partial charge in [0.15, 0.2) is 5.03 Å². The van der Waals surface area contributed by atoms with Crippen LogP contribution in [0.25, 0.3) is 0 Å². The van der Waals surface area contributed by atoms with Crippen LogP contribution in [0, 0.1) is 5.92 Å². The number of morpholine rings is 1. The molecule has 1 amide bonds. The molecular formula is C16H26N4O4S. The van der Waals surface area contributed by atoms with Crippen molar-refractivity contribution in [2.75, 3.05) is 39.4 Å². The Morgan fingerprint density at radius 1 is 1.28 bits per heavy atom. The second-order valence-electron chi connectivity index (χ2n) is 6.89. The summed E-state index contributed by atoms with van der Waals surface area (Å²) in [5.74, 6) is -0.246. The maximum Gasteiger partial charge on any atom is 0.262 e. The first kappa shape index (κ1) is 18.3. The van der Waals surface area contributed by atoms with Gasteiger partial charge in [-0.2, -0.15) is 4.31 Å². The van der Waals surface area contributed by atoms with E-state index in [9.17, 15) is 13.2 Å². The van der Waals surface area contributed by atoms with Crippen LogP contribution in [0.3, 0.4) is 0 Å². The summed E-state index contributed by atoms with van der Waals surface area (Å²) in [6.45, 7) is 6.87. The van der Waals surface area contributed by atoms with Crippen LogP contribution in [-0.2, 0) is 19.6 Å². The van der Waals surface area contributed by atoms with Crippen molar-refractivity contribution in [1.82, 2.24) is 18.8 Å². The van der Waals surface area contributed by atoms with Crippen molar-refractivity contribution in [3.8, 4) is 0 Å². The van der Waals surface area contributed by atoms with E-state index in [-0.39, 0.29) is 29.4 Å². The van der Waals surface area contributed by atoms with Crippen LogP contribution in [-0.4, -0.2) is 72.5 Å². The normalized spacial score (nSPS) is 23.2. The molecule has 9 heteroatoms. The topological polar surface area (TPSA) is 84.7 Å². The molecule has 0 aliphatic carbocycles. The fourth-order valence-electron chi connectivity index (χ4n) is 3.27. The summed E-state index contributed by atoms with van der Waals surface area (Å²) < 4.78 is 34.2. The van der Waals surface area contributed by atoms with Gasteiger partial charge in [0.1, 0.15) is 0 Å². The average Bonchev–Trinajstić information content (AvgIpc) is 3.13. The van der Waals surface area contributed by atoms with Gasteiger partial charge in [-0.25, -0.2) is 13.4 Å². The van der Waals surface area contributed by atoms with Gasteiger partial charge in [0.25, 0.3) is 10.0 Å². The van der Waals surface area contributed by atoms with Gasteiger partial charge in [0, 0.05) is 38.4 Å². The first-order chi connectivity index (χ1) is 11.9. The second-order valence-corrected chi connectivity index (χ2v) is 8.78. The molecule has 25 heavy (non-hydrogen) atoms. The molecule has 8 nitrogen and oxygen atoms in total. The maximum absolute atomic E-state index is 12.9. The van der Waals surface area contributed by atoms with E-state index < -0.39 is 10.0 Å². The Morgan fingerprint density at radius 2 is 2.00 bits per heavy atom. The number of carbonyl (C=O) groups is 1. The van der Waals surface area contributed by atoms with Gasteiger partial charge in [-0.15, -0.1) is 0 Å². The van der Waals surface area contributed by atoms with Crippen molar-refractivity contribution in [2.24, 2.45) is 5.92 Å². The molecule has 0 bridgehead atoms. The summed E-state index contributed by atoms with van der Waals surface area (Å²) in [6, 6.07) is 0.147. The highest BCUT2D eigenvalue weighted by atomic mass is 32.2. The molecule has 0 N–H and O–H groups in total. The third-order valence-electron chi connectivity index (χ3n) is 4.83. The number of sulfonamides is 1. The van der Waals surface area contributed by atoms with E-state index >= 15 is 0 Å². The van der Waals surface area contributed by atoms with E-state index in [1.54, 1.807) is 15.7 Å².